The Bertz CT molecular complexity index is 845. The molecular weight excluding hydrogens is 310 g/mol. The summed E-state index contributed by atoms with van der Waals surface area (Å²) in [4.78, 5) is 20.8. The highest BCUT2D eigenvalue weighted by Crippen LogP contribution is 2.29. The lowest BCUT2D eigenvalue weighted by atomic mass is 10.1. The first kappa shape index (κ1) is 15.2. The molecule has 23 heavy (non-hydrogen) atoms. The number of hydrogen-bond donors (Lipinski definition) is 2. The van der Waals surface area contributed by atoms with Crippen molar-refractivity contribution in [3.05, 3.63) is 64.9 Å². The Balaban J connectivity index is 1.77. The normalized spacial score (nSPS) is 10.5. The number of aromatic carboxylic acids is 1. The maximum Gasteiger partial charge on any atom is 0.336 e. The van der Waals surface area contributed by atoms with Gasteiger partial charge < -0.3 is 10.4 Å². The molecule has 0 radical (unpaired) electrons. The van der Waals surface area contributed by atoms with E-state index >= 15 is 0 Å². The first-order valence-corrected chi connectivity index (χ1v) is 7.89. The van der Waals surface area contributed by atoms with Crippen LogP contribution in [-0.2, 0) is 6.54 Å². The number of rotatable bonds is 5. The van der Waals surface area contributed by atoms with E-state index in [0.29, 0.717) is 12.1 Å². The number of nitrogens with one attached hydrogen (secondary N) is 1. The van der Waals surface area contributed by atoms with Gasteiger partial charge in [-0.3, -0.25) is 0 Å². The number of aromatic nitrogens is 2. The Hall–Kier alpha value is -2.73. The lowest BCUT2D eigenvalue weighted by Crippen LogP contribution is -2.00. The van der Waals surface area contributed by atoms with Crippen LogP contribution in [0.15, 0.2) is 48.8 Å². The standard InChI is InChI=1S/C17H15N3O2S/c1-11-6-7-18-15(8-11)19-10-16-20-9-14(23-16)12-4-2-3-5-13(12)17(21)22/h2-9H,10H2,1H3,(H,18,19)(H,21,22). The second-order valence-corrected chi connectivity index (χ2v) is 6.16. The maximum atomic E-state index is 11.3. The molecule has 0 spiro atoms. The maximum absolute atomic E-state index is 11.3. The fraction of sp³-hybridized carbons (Fsp3) is 0.118. The number of benzene rings is 1. The van der Waals surface area contributed by atoms with E-state index in [-0.39, 0.29) is 5.56 Å². The number of carboxylic acid groups (broad SMARTS) is 1. The van der Waals surface area contributed by atoms with Gasteiger partial charge in [-0.15, -0.1) is 11.3 Å². The van der Waals surface area contributed by atoms with Crippen LogP contribution in [0.25, 0.3) is 10.4 Å². The minimum atomic E-state index is -0.933. The van der Waals surface area contributed by atoms with Crippen molar-refractivity contribution in [1.29, 1.82) is 0 Å². The summed E-state index contributed by atoms with van der Waals surface area (Å²) in [6.45, 7) is 2.56. The predicted octanol–water partition coefficient (Wildman–Crippen LogP) is 3.82. The van der Waals surface area contributed by atoms with E-state index in [0.717, 1.165) is 21.3 Å². The lowest BCUT2D eigenvalue weighted by Gasteiger charge is -2.04. The quantitative estimate of drug-likeness (QED) is 0.746. The van der Waals surface area contributed by atoms with Gasteiger partial charge in [-0.1, -0.05) is 18.2 Å². The highest BCUT2D eigenvalue weighted by atomic mass is 32.1. The van der Waals surface area contributed by atoms with Crippen molar-refractivity contribution < 1.29 is 9.90 Å². The largest absolute Gasteiger partial charge is 0.478 e. The number of nitrogens with zero attached hydrogens (tertiary/aromatic N) is 2. The van der Waals surface area contributed by atoms with Gasteiger partial charge in [-0.05, 0) is 30.7 Å². The van der Waals surface area contributed by atoms with E-state index < -0.39 is 5.97 Å². The third kappa shape index (κ3) is 3.54. The summed E-state index contributed by atoms with van der Waals surface area (Å²) in [5.74, 6) is -0.134. The van der Waals surface area contributed by atoms with Gasteiger partial charge >= 0.3 is 5.97 Å². The summed E-state index contributed by atoms with van der Waals surface area (Å²) in [6.07, 6.45) is 3.47. The molecule has 6 heteroatoms. The van der Waals surface area contributed by atoms with Gasteiger partial charge in [0.25, 0.3) is 0 Å². The molecule has 0 aliphatic heterocycles. The fourth-order valence-corrected chi connectivity index (χ4v) is 3.10. The molecule has 0 saturated heterocycles. The van der Waals surface area contributed by atoms with Crippen LogP contribution in [0.4, 0.5) is 5.82 Å². The minimum Gasteiger partial charge on any atom is -0.478 e. The molecular formula is C17H15N3O2S. The molecule has 0 aliphatic carbocycles. The smallest absolute Gasteiger partial charge is 0.336 e. The number of carboxylic acids is 1. The van der Waals surface area contributed by atoms with E-state index in [1.165, 1.54) is 11.3 Å². The van der Waals surface area contributed by atoms with Gasteiger partial charge in [0.15, 0.2) is 0 Å². The van der Waals surface area contributed by atoms with Crippen molar-refractivity contribution in [1.82, 2.24) is 9.97 Å². The van der Waals surface area contributed by atoms with Crippen LogP contribution in [0, 0.1) is 6.92 Å². The van der Waals surface area contributed by atoms with Crippen molar-refractivity contribution in [2.75, 3.05) is 5.32 Å². The number of hydrogen-bond acceptors (Lipinski definition) is 5. The molecule has 0 atom stereocenters. The number of carbonyl (C=O) groups is 1. The molecule has 2 aromatic heterocycles. The number of aryl methyl sites for hydroxylation is 1. The Kier molecular flexibility index (Phi) is 4.34. The van der Waals surface area contributed by atoms with E-state index in [4.69, 9.17) is 0 Å². The summed E-state index contributed by atoms with van der Waals surface area (Å²) in [5.41, 5.74) is 2.12. The van der Waals surface area contributed by atoms with Gasteiger partial charge in [-0.25, -0.2) is 14.8 Å². The van der Waals surface area contributed by atoms with Crippen LogP contribution in [0.5, 0.6) is 0 Å². The Morgan fingerprint density at radius 2 is 2.09 bits per heavy atom. The second-order valence-electron chi connectivity index (χ2n) is 5.04. The third-order valence-electron chi connectivity index (χ3n) is 3.31. The first-order chi connectivity index (χ1) is 11.1. The van der Waals surface area contributed by atoms with Crippen LogP contribution >= 0.6 is 11.3 Å². The zero-order valence-electron chi connectivity index (χ0n) is 12.5. The van der Waals surface area contributed by atoms with E-state index in [1.807, 2.05) is 25.1 Å². The lowest BCUT2D eigenvalue weighted by molar-refractivity contribution is 0.0698. The SMILES string of the molecule is Cc1ccnc(NCc2ncc(-c3ccccc3C(=O)O)s2)c1. The molecule has 1 aromatic carbocycles. The fourth-order valence-electron chi connectivity index (χ4n) is 2.20. The van der Waals surface area contributed by atoms with Crippen molar-refractivity contribution in [2.24, 2.45) is 0 Å². The Morgan fingerprint density at radius 3 is 2.87 bits per heavy atom. The molecule has 2 heterocycles. The average Bonchev–Trinajstić information content (AvgIpc) is 3.02. The van der Waals surface area contributed by atoms with Gasteiger partial charge in [0, 0.05) is 18.0 Å². The zero-order valence-corrected chi connectivity index (χ0v) is 13.3. The van der Waals surface area contributed by atoms with Gasteiger partial charge in [-0.2, -0.15) is 0 Å². The van der Waals surface area contributed by atoms with Crippen molar-refractivity contribution >= 4 is 23.1 Å². The molecule has 0 aliphatic rings. The predicted molar refractivity (Wildman–Crippen MR) is 90.8 cm³/mol. The molecule has 0 fully saturated rings. The van der Waals surface area contributed by atoms with Crippen molar-refractivity contribution in [3.8, 4) is 10.4 Å². The Labute approximate surface area is 137 Å². The van der Waals surface area contributed by atoms with Crippen LogP contribution in [-0.4, -0.2) is 21.0 Å². The summed E-state index contributed by atoms with van der Waals surface area (Å²) >= 11 is 1.48. The number of pyridine rings is 1. The summed E-state index contributed by atoms with van der Waals surface area (Å²) in [5, 5.41) is 13.4. The monoisotopic (exact) mass is 325 g/mol. The molecule has 5 nitrogen and oxygen atoms in total. The van der Waals surface area contributed by atoms with Crippen LogP contribution in [0.3, 0.4) is 0 Å². The van der Waals surface area contributed by atoms with Gasteiger partial charge in [0.2, 0.25) is 0 Å². The molecule has 116 valence electrons. The average molecular weight is 325 g/mol. The molecule has 0 unspecified atom stereocenters. The molecule has 3 rings (SSSR count). The Morgan fingerprint density at radius 1 is 1.26 bits per heavy atom. The molecule has 3 aromatic rings. The summed E-state index contributed by atoms with van der Waals surface area (Å²) in [6, 6.07) is 10.9. The third-order valence-corrected chi connectivity index (χ3v) is 4.34. The highest BCUT2D eigenvalue weighted by molar-refractivity contribution is 7.15. The summed E-state index contributed by atoms with van der Waals surface area (Å²) < 4.78 is 0. The molecule has 0 amide bonds. The topological polar surface area (TPSA) is 75.1 Å². The molecule has 2 N–H and O–H groups in total. The molecule has 0 bridgehead atoms. The van der Waals surface area contributed by atoms with Crippen LogP contribution in [0.1, 0.15) is 20.9 Å². The second kappa shape index (κ2) is 6.58. The van der Waals surface area contributed by atoms with E-state index in [9.17, 15) is 9.90 Å². The van der Waals surface area contributed by atoms with Crippen molar-refractivity contribution in [2.45, 2.75) is 13.5 Å². The van der Waals surface area contributed by atoms with E-state index in [2.05, 4.69) is 15.3 Å². The zero-order chi connectivity index (χ0) is 16.2. The van der Waals surface area contributed by atoms with Crippen LogP contribution < -0.4 is 5.32 Å². The first-order valence-electron chi connectivity index (χ1n) is 7.07. The minimum absolute atomic E-state index is 0.288. The van der Waals surface area contributed by atoms with Crippen molar-refractivity contribution in [3.63, 3.8) is 0 Å². The van der Waals surface area contributed by atoms with Gasteiger partial charge in [0.05, 0.1) is 17.0 Å². The molecule has 0 saturated carbocycles. The summed E-state index contributed by atoms with van der Waals surface area (Å²) in [7, 11) is 0. The van der Waals surface area contributed by atoms with E-state index in [1.54, 1.807) is 30.6 Å². The number of thiazole rings is 1. The van der Waals surface area contributed by atoms with Crippen LogP contribution in [0.2, 0.25) is 0 Å². The number of anilines is 1. The highest BCUT2D eigenvalue weighted by Gasteiger charge is 2.13. The van der Waals surface area contributed by atoms with Gasteiger partial charge in [0.1, 0.15) is 10.8 Å².